The number of nitrogens with zero attached hydrogens (tertiary/aromatic N) is 6. The van der Waals surface area contributed by atoms with Gasteiger partial charge in [-0.1, -0.05) is 6.07 Å². The molecule has 0 bridgehead atoms. The summed E-state index contributed by atoms with van der Waals surface area (Å²) in [6, 6.07) is 10.5. The highest BCUT2D eigenvalue weighted by Crippen LogP contribution is 2.30. The van der Waals surface area contributed by atoms with Crippen LogP contribution < -0.4 is 0 Å². The maximum atomic E-state index is 14.4. The van der Waals surface area contributed by atoms with E-state index in [0.29, 0.717) is 16.5 Å². The summed E-state index contributed by atoms with van der Waals surface area (Å²) in [5, 5.41) is 18.6. The van der Waals surface area contributed by atoms with Gasteiger partial charge in [0, 0.05) is 73.1 Å². The summed E-state index contributed by atoms with van der Waals surface area (Å²) in [7, 11) is -3.66. The largest absolute Gasteiger partial charge is 0.465 e. The van der Waals surface area contributed by atoms with Gasteiger partial charge in [-0.15, -0.1) is 0 Å². The highest BCUT2D eigenvalue weighted by molar-refractivity contribution is 7.91. The first-order valence-corrected chi connectivity index (χ1v) is 13.6. The molecular formula is C26H21FN6O5S. The standard InChI is InChI=1S/C26H21FN6O5S/c1-39(37,38)23-15-33(25-29-13-18(14-30-25)20-10-16(12-28)2-5-21(20)27)22-11-17(3-4-19(22)23)24(34)31-6-8-32(9-7-31)26(35)36/h2-5,10-11,13-15H,6-9H2,1H3,(H,35,36). The zero-order valence-electron chi connectivity index (χ0n) is 20.6. The van der Waals surface area contributed by atoms with Crippen molar-refractivity contribution in [1.82, 2.24) is 24.3 Å². The van der Waals surface area contributed by atoms with Gasteiger partial charge in [0.15, 0.2) is 9.84 Å². The number of sulfone groups is 1. The number of fused-ring (bicyclic) bond motifs is 1. The van der Waals surface area contributed by atoms with E-state index in [1.54, 1.807) is 17.0 Å². The fourth-order valence-corrected chi connectivity index (χ4v) is 5.34. The predicted molar refractivity (Wildman–Crippen MR) is 138 cm³/mol. The second kappa shape index (κ2) is 9.80. The van der Waals surface area contributed by atoms with E-state index in [9.17, 15) is 22.4 Å². The van der Waals surface area contributed by atoms with Gasteiger partial charge < -0.3 is 14.9 Å². The first kappa shape index (κ1) is 25.8. The summed E-state index contributed by atoms with van der Waals surface area (Å²) < 4.78 is 40.9. The number of rotatable bonds is 4. The fourth-order valence-electron chi connectivity index (χ4n) is 4.47. The second-order valence-electron chi connectivity index (χ2n) is 9.01. The van der Waals surface area contributed by atoms with E-state index in [-0.39, 0.29) is 59.6 Å². The Hall–Kier alpha value is -4.83. The summed E-state index contributed by atoms with van der Waals surface area (Å²) in [6.07, 6.45) is 4.13. The maximum absolute atomic E-state index is 14.4. The van der Waals surface area contributed by atoms with Gasteiger partial charge in [0.25, 0.3) is 5.91 Å². The predicted octanol–water partition coefficient (Wildman–Crippen LogP) is 2.94. The van der Waals surface area contributed by atoms with Crippen molar-refractivity contribution in [1.29, 1.82) is 5.26 Å². The first-order chi connectivity index (χ1) is 18.6. The lowest BCUT2D eigenvalue weighted by Gasteiger charge is -2.33. The SMILES string of the molecule is CS(=O)(=O)c1cn(-c2ncc(-c3cc(C#N)ccc3F)cn2)c2cc(C(=O)N3CCN(C(=O)O)CC3)ccc12. The van der Waals surface area contributed by atoms with E-state index >= 15 is 0 Å². The third-order valence-corrected chi connectivity index (χ3v) is 7.64. The Kier molecular flexibility index (Phi) is 6.49. The van der Waals surface area contributed by atoms with Crippen LogP contribution in [0.3, 0.4) is 0 Å². The number of carboxylic acid groups (broad SMARTS) is 1. The Labute approximate surface area is 222 Å². The van der Waals surface area contributed by atoms with E-state index in [0.717, 1.165) is 6.26 Å². The normalized spacial score (nSPS) is 13.9. The molecule has 0 radical (unpaired) electrons. The van der Waals surface area contributed by atoms with E-state index in [1.165, 1.54) is 52.3 Å². The van der Waals surface area contributed by atoms with Crippen molar-refractivity contribution < 1.29 is 27.5 Å². The Bertz CT molecular complexity index is 1770. The Morgan fingerprint density at radius 2 is 1.69 bits per heavy atom. The van der Waals surface area contributed by atoms with Crippen LogP contribution in [0.15, 0.2) is 59.9 Å². The van der Waals surface area contributed by atoms with Gasteiger partial charge in [0.05, 0.1) is 22.0 Å². The first-order valence-electron chi connectivity index (χ1n) is 11.7. The number of hydrogen-bond acceptors (Lipinski definition) is 7. The molecule has 0 unspecified atom stereocenters. The van der Waals surface area contributed by atoms with Gasteiger partial charge in [-0.05, 0) is 30.3 Å². The van der Waals surface area contributed by atoms with Crippen LogP contribution in [0.5, 0.6) is 0 Å². The summed E-state index contributed by atoms with van der Waals surface area (Å²) in [5.74, 6) is -0.779. The molecule has 2 aromatic heterocycles. The zero-order chi connectivity index (χ0) is 27.9. The van der Waals surface area contributed by atoms with Gasteiger partial charge in [0.1, 0.15) is 5.82 Å². The number of hydrogen-bond donors (Lipinski definition) is 1. The number of piperazine rings is 1. The summed E-state index contributed by atoms with van der Waals surface area (Å²) in [6.45, 7) is 0.839. The molecule has 4 aromatic rings. The third kappa shape index (κ3) is 4.89. The number of aromatic nitrogens is 3. The van der Waals surface area contributed by atoms with E-state index in [2.05, 4.69) is 9.97 Å². The lowest BCUT2D eigenvalue weighted by Crippen LogP contribution is -2.50. The van der Waals surface area contributed by atoms with Crippen molar-refractivity contribution in [3.8, 4) is 23.1 Å². The van der Waals surface area contributed by atoms with Gasteiger partial charge in [0.2, 0.25) is 5.95 Å². The number of benzene rings is 2. The molecule has 2 amide bonds. The van der Waals surface area contributed by atoms with E-state index in [4.69, 9.17) is 10.4 Å². The maximum Gasteiger partial charge on any atom is 0.407 e. The third-order valence-electron chi connectivity index (χ3n) is 6.51. The summed E-state index contributed by atoms with van der Waals surface area (Å²) >= 11 is 0. The fraction of sp³-hybridized carbons (Fsp3) is 0.192. The highest BCUT2D eigenvalue weighted by atomic mass is 32.2. The Morgan fingerprint density at radius 3 is 2.31 bits per heavy atom. The summed E-state index contributed by atoms with van der Waals surface area (Å²) in [4.78, 5) is 35.8. The van der Waals surface area contributed by atoms with Crippen LogP contribution in [0.1, 0.15) is 15.9 Å². The van der Waals surface area contributed by atoms with Crippen molar-refractivity contribution in [2.24, 2.45) is 0 Å². The van der Waals surface area contributed by atoms with Crippen molar-refractivity contribution in [3.05, 3.63) is 71.9 Å². The van der Waals surface area contributed by atoms with Crippen LogP contribution in [0.4, 0.5) is 9.18 Å². The lowest BCUT2D eigenvalue weighted by molar-refractivity contribution is 0.0625. The molecule has 1 fully saturated rings. The summed E-state index contributed by atoms with van der Waals surface area (Å²) in [5.41, 5.74) is 1.40. The average Bonchev–Trinajstić information content (AvgIpc) is 3.33. The Morgan fingerprint density at radius 1 is 1.03 bits per heavy atom. The minimum absolute atomic E-state index is 0.0204. The molecule has 11 nitrogen and oxygen atoms in total. The number of halogens is 1. The number of nitriles is 1. The van der Waals surface area contributed by atoms with Gasteiger partial charge >= 0.3 is 6.09 Å². The molecule has 0 spiro atoms. The van der Waals surface area contributed by atoms with Gasteiger partial charge in [-0.3, -0.25) is 9.36 Å². The van der Waals surface area contributed by atoms with Crippen molar-refractivity contribution in [2.75, 3.05) is 32.4 Å². The molecule has 0 saturated carbocycles. The highest BCUT2D eigenvalue weighted by Gasteiger charge is 2.26. The molecule has 5 rings (SSSR count). The van der Waals surface area contributed by atoms with Crippen LogP contribution in [0, 0.1) is 17.1 Å². The van der Waals surface area contributed by atoms with Crippen LogP contribution in [0.25, 0.3) is 28.0 Å². The minimum Gasteiger partial charge on any atom is -0.465 e. The molecule has 0 aliphatic carbocycles. The number of carbonyl (C=O) groups is 2. The molecule has 198 valence electrons. The van der Waals surface area contributed by atoms with Crippen LogP contribution in [-0.4, -0.2) is 82.3 Å². The molecule has 1 aliphatic heterocycles. The molecule has 3 heterocycles. The zero-order valence-corrected chi connectivity index (χ0v) is 21.4. The number of carbonyl (C=O) groups excluding carboxylic acids is 1. The lowest BCUT2D eigenvalue weighted by atomic mass is 10.1. The van der Waals surface area contributed by atoms with Crippen LogP contribution >= 0.6 is 0 Å². The molecule has 2 aromatic carbocycles. The Balaban J connectivity index is 1.54. The molecule has 0 atom stereocenters. The topological polar surface area (TPSA) is 149 Å². The van der Waals surface area contributed by atoms with E-state index < -0.39 is 21.7 Å². The smallest absolute Gasteiger partial charge is 0.407 e. The van der Waals surface area contributed by atoms with Crippen molar-refractivity contribution in [3.63, 3.8) is 0 Å². The van der Waals surface area contributed by atoms with Gasteiger partial charge in [-0.25, -0.2) is 27.6 Å². The second-order valence-corrected chi connectivity index (χ2v) is 11.0. The van der Waals surface area contributed by atoms with Crippen LogP contribution in [-0.2, 0) is 9.84 Å². The molecule has 39 heavy (non-hydrogen) atoms. The average molecular weight is 549 g/mol. The van der Waals surface area contributed by atoms with Crippen LogP contribution in [0.2, 0.25) is 0 Å². The molecule has 1 aliphatic rings. The molecule has 13 heteroatoms. The molecular weight excluding hydrogens is 527 g/mol. The number of amides is 2. The van der Waals surface area contributed by atoms with Crippen molar-refractivity contribution >= 4 is 32.7 Å². The molecule has 1 N–H and O–H groups in total. The van der Waals surface area contributed by atoms with E-state index in [1.807, 2.05) is 6.07 Å². The quantitative estimate of drug-likeness (QED) is 0.409. The van der Waals surface area contributed by atoms with Crippen molar-refractivity contribution in [2.45, 2.75) is 4.90 Å². The molecule has 1 saturated heterocycles. The van der Waals surface area contributed by atoms with Gasteiger partial charge in [-0.2, -0.15) is 5.26 Å². The minimum atomic E-state index is -3.66. The monoisotopic (exact) mass is 548 g/mol.